The number of β-amino-alcohol motifs (C(OH)–C–C–N with tert-alkyl or cyclic N) is 1. The largest absolute Gasteiger partial charge is 0.386 e. The average molecular weight is 279 g/mol. The molecule has 5 heteroatoms. The summed E-state index contributed by atoms with van der Waals surface area (Å²) < 4.78 is 5.19. The quantitative estimate of drug-likeness (QED) is 0.912. The first-order valence-electron chi connectivity index (χ1n) is 7.12. The van der Waals surface area contributed by atoms with Crippen molar-refractivity contribution in [3.63, 3.8) is 0 Å². The summed E-state index contributed by atoms with van der Waals surface area (Å²) in [7, 11) is 1.66. The van der Waals surface area contributed by atoms with Gasteiger partial charge < -0.3 is 14.7 Å². The molecule has 1 aromatic rings. The highest BCUT2D eigenvalue weighted by Crippen LogP contribution is 2.30. The van der Waals surface area contributed by atoms with Crippen molar-refractivity contribution in [3.8, 4) is 0 Å². The predicted molar refractivity (Wildman–Crippen MR) is 78.9 cm³/mol. The zero-order valence-corrected chi connectivity index (χ0v) is 13.1. The standard InChI is InChI=1S/C15H25N3O2/c1-6-15(19)9-18(10-15)12-7-11(8-20-5)16-13(17-12)14(2,3)4/h7,19H,6,8-10H2,1-5H3. The van der Waals surface area contributed by atoms with Gasteiger partial charge in [0.1, 0.15) is 11.6 Å². The van der Waals surface area contributed by atoms with Crippen molar-refractivity contribution in [2.45, 2.75) is 51.7 Å². The number of hydrogen-bond donors (Lipinski definition) is 1. The van der Waals surface area contributed by atoms with Crippen LogP contribution in [-0.4, -0.2) is 40.9 Å². The minimum absolute atomic E-state index is 0.107. The maximum absolute atomic E-state index is 10.1. The Kier molecular flexibility index (Phi) is 4.02. The fourth-order valence-corrected chi connectivity index (χ4v) is 2.25. The summed E-state index contributed by atoms with van der Waals surface area (Å²) in [5.74, 6) is 1.70. The number of aliphatic hydroxyl groups is 1. The van der Waals surface area contributed by atoms with Crippen molar-refractivity contribution in [1.82, 2.24) is 9.97 Å². The third-order valence-electron chi connectivity index (χ3n) is 3.68. The van der Waals surface area contributed by atoms with Crippen LogP contribution in [0.2, 0.25) is 0 Å². The van der Waals surface area contributed by atoms with E-state index in [9.17, 15) is 5.11 Å². The van der Waals surface area contributed by atoms with Gasteiger partial charge in [-0.1, -0.05) is 27.7 Å². The lowest BCUT2D eigenvalue weighted by Gasteiger charge is -2.47. The zero-order valence-electron chi connectivity index (χ0n) is 13.1. The lowest BCUT2D eigenvalue weighted by atomic mass is 9.91. The Balaban J connectivity index is 2.27. The number of rotatable bonds is 4. The summed E-state index contributed by atoms with van der Waals surface area (Å²) in [4.78, 5) is 11.3. The molecule has 5 nitrogen and oxygen atoms in total. The van der Waals surface area contributed by atoms with Gasteiger partial charge in [0.05, 0.1) is 17.9 Å². The molecule has 2 heterocycles. The molecule has 1 saturated heterocycles. The van der Waals surface area contributed by atoms with Gasteiger partial charge in [0, 0.05) is 31.7 Å². The molecule has 1 aromatic heterocycles. The first-order valence-corrected chi connectivity index (χ1v) is 7.12. The molecule has 0 amide bonds. The van der Waals surface area contributed by atoms with Crippen molar-refractivity contribution >= 4 is 5.82 Å². The van der Waals surface area contributed by atoms with E-state index in [-0.39, 0.29) is 5.41 Å². The summed E-state index contributed by atoms with van der Waals surface area (Å²) in [5, 5.41) is 10.1. The van der Waals surface area contributed by atoms with Crippen molar-refractivity contribution in [3.05, 3.63) is 17.6 Å². The van der Waals surface area contributed by atoms with E-state index >= 15 is 0 Å². The smallest absolute Gasteiger partial charge is 0.136 e. The number of hydrogen-bond acceptors (Lipinski definition) is 5. The molecule has 0 spiro atoms. The Morgan fingerprint density at radius 2 is 2.00 bits per heavy atom. The van der Waals surface area contributed by atoms with Gasteiger partial charge >= 0.3 is 0 Å². The molecule has 0 aromatic carbocycles. The highest BCUT2D eigenvalue weighted by atomic mass is 16.5. The Morgan fingerprint density at radius 3 is 2.50 bits per heavy atom. The van der Waals surface area contributed by atoms with Gasteiger partial charge in [-0.15, -0.1) is 0 Å². The van der Waals surface area contributed by atoms with E-state index in [1.54, 1.807) is 7.11 Å². The van der Waals surface area contributed by atoms with Crippen LogP contribution in [0.15, 0.2) is 6.07 Å². The van der Waals surface area contributed by atoms with Crippen LogP contribution in [0, 0.1) is 0 Å². The second-order valence-corrected chi connectivity index (χ2v) is 6.66. The molecule has 1 N–H and O–H groups in total. The van der Waals surface area contributed by atoms with E-state index in [1.165, 1.54) is 0 Å². The van der Waals surface area contributed by atoms with Crippen LogP contribution >= 0.6 is 0 Å². The molecule has 0 aliphatic carbocycles. The maximum Gasteiger partial charge on any atom is 0.136 e. The van der Waals surface area contributed by atoms with E-state index in [0.717, 1.165) is 23.8 Å². The molecule has 0 atom stereocenters. The first kappa shape index (κ1) is 15.2. The van der Waals surface area contributed by atoms with Gasteiger partial charge in [0.25, 0.3) is 0 Å². The molecule has 0 unspecified atom stereocenters. The number of methoxy groups -OCH3 is 1. The van der Waals surface area contributed by atoms with Crippen LogP contribution in [0.3, 0.4) is 0 Å². The van der Waals surface area contributed by atoms with Crippen LogP contribution in [0.25, 0.3) is 0 Å². The van der Waals surface area contributed by atoms with Crippen LogP contribution in [0.4, 0.5) is 5.82 Å². The van der Waals surface area contributed by atoms with Gasteiger partial charge in [-0.3, -0.25) is 0 Å². The molecule has 1 fully saturated rings. The fraction of sp³-hybridized carbons (Fsp3) is 0.733. The second-order valence-electron chi connectivity index (χ2n) is 6.66. The average Bonchev–Trinajstić information content (AvgIpc) is 2.34. The van der Waals surface area contributed by atoms with Gasteiger partial charge in [-0.2, -0.15) is 0 Å². The summed E-state index contributed by atoms with van der Waals surface area (Å²) >= 11 is 0. The van der Waals surface area contributed by atoms with E-state index in [2.05, 4.69) is 35.6 Å². The van der Waals surface area contributed by atoms with Crippen molar-refractivity contribution < 1.29 is 9.84 Å². The third-order valence-corrected chi connectivity index (χ3v) is 3.68. The molecule has 1 aliphatic heterocycles. The van der Waals surface area contributed by atoms with E-state index in [4.69, 9.17) is 4.74 Å². The minimum Gasteiger partial charge on any atom is -0.386 e. The summed E-state index contributed by atoms with van der Waals surface area (Å²) in [6.45, 7) is 10.1. The maximum atomic E-state index is 10.1. The van der Waals surface area contributed by atoms with Crippen molar-refractivity contribution in [2.24, 2.45) is 0 Å². The number of anilines is 1. The molecule has 0 saturated carbocycles. The SMILES string of the molecule is CCC1(O)CN(c2cc(COC)nc(C(C)(C)C)n2)C1. The number of aromatic nitrogens is 2. The molecule has 0 radical (unpaired) electrons. The monoisotopic (exact) mass is 279 g/mol. The lowest BCUT2D eigenvalue weighted by Crippen LogP contribution is -2.62. The molecular weight excluding hydrogens is 254 g/mol. The number of nitrogens with zero attached hydrogens (tertiary/aromatic N) is 3. The number of ether oxygens (including phenoxy) is 1. The van der Waals surface area contributed by atoms with Crippen LogP contribution in [0.1, 0.15) is 45.6 Å². The fourth-order valence-electron chi connectivity index (χ4n) is 2.25. The van der Waals surface area contributed by atoms with E-state index in [0.29, 0.717) is 19.7 Å². The Bertz CT molecular complexity index is 476. The Labute approximate surface area is 121 Å². The van der Waals surface area contributed by atoms with Crippen molar-refractivity contribution in [2.75, 3.05) is 25.1 Å². The van der Waals surface area contributed by atoms with E-state index in [1.807, 2.05) is 13.0 Å². The summed E-state index contributed by atoms with van der Waals surface area (Å²) in [6, 6.07) is 1.95. The van der Waals surface area contributed by atoms with Crippen LogP contribution in [0.5, 0.6) is 0 Å². The highest BCUT2D eigenvalue weighted by molar-refractivity contribution is 5.45. The van der Waals surface area contributed by atoms with Crippen LogP contribution < -0.4 is 4.90 Å². The molecule has 2 rings (SSSR count). The van der Waals surface area contributed by atoms with Gasteiger partial charge in [0.15, 0.2) is 0 Å². The predicted octanol–water partition coefficient (Wildman–Crippen LogP) is 1.88. The normalized spacial score (nSPS) is 18.0. The van der Waals surface area contributed by atoms with Gasteiger partial charge in [-0.25, -0.2) is 9.97 Å². The van der Waals surface area contributed by atoms with Crippen molar-refractivity contribution in [1.29, 1.82) is 0 Å². The lowest BCUT2D eigenvalue weighted by molar-refractivity contribution is 0.00798. The Morgan fingerprint density at radius 1 is 1.35 bits per heavy atom. The molecule has 0 bridgehead atoms. The minimum atomic E-state index is -0.561. The summed E-state index contributed by atoms with van der Waals surface area (Å²) in [6.07, 6.45) is 0.769. The molecule has 112 valence electrons. The highest BCUT2D eigenvalue weighted by Gasteiger charge is 2.40. The van der Waals surface area contributed by atoms with Gasteiger partial charge in [0.2, 0.25) is 0 Å². The topological polar surface area (TPSA) is 58.5 Å². The molecular formula is C15H25N3O2. The zero-order chi connectivity index (χ0) is 15.0. The Hall–Kier alpha value is -1.20. The van der Waals surface area contributed by atoms with E-state index < -0.39 is 5.60 Å². The second kappa shape index (κ2) is 5.30. The summed E-state index contributed by atoms with van der Waals surface area (Å²) in [5.41, 5.74) is 0.216. The molecule has 20 heavy (non-hydrogen) atoms. The first-order chi connectivity index (χ1) is 9.27. The third kappa shape index (κ3) is 3.10. The van der Waals surface area contributed by atoms with Gasteiger partial charge in [-0.05, 0) is 6.42 Å². The van der Waals surface area contributed by atoms with Crippen LogP contribution in [-0.2, 0) is 16.8 Å². The molecule has 1 aliphatic rings.